The normalized spacial score (nSPS) is 22.2. The molecule has 1 amide bonds. The fourth-order valence-corrected chi connectivity index (χ4v) is 2.73. The van der Waals surface area contributed by atoms with Crippen molar-refractivity contribution >= 4 is 28.8 Å². The summed E-state index contributed by atoms with van der Waals surface area (Å²) in [6.07, 6.45) is 0.275. The van der Waals surface area contributed by atoms with Gasteiger partial charge in [0.1, 0.15) is 0 Å². The Balaban J connectivity index is 2.53. The van der Waals surface area contributed by atoms with Crippen LogP contribution in [-0.2, 0) is 14.4 Å². The molecule has 0 spiro atoms. The minimum atomic E-state index is -0.914. The smallest absolute Gasteiger partial charge is 0.305 e. The van der Waals surface area contributed by atoms with Crippen molar-refractivity contribution in [2.24, 2.45) is 0 Å². The number of hydrogen-bond acceptors (Lipinski definition) is 4. The van der Waals surface area contributed by atoms with Gasteiger partial charge in [0.2, 0.25) is 5.91 Å². The van der Waals surface area contributed by atoms with E-state index in [9.17, 15) is 14.4 Å². The van der Waals surface area contributed by atoms with Crippen LogP contribution in [0.15, 0.2) is 0 Å². The highest BCUT2D eigenvalue weighted by Crippen LogP contribution is 2.26. The quantitative estimate of drug-likeness (QED) is 0.790. The van der Waals surface area contributed by atoms with Crippen molar-refractivity contribution in [3.05, 3.63) is 0 Å². The van der Waals surface area contributed by atoms with Gasteiger partial charge in [-0.2, -0.15) is 0 Å². The molecule has 1 aliphatic rings. The van der Waals surface area contributed by atoms with Gasteiger partial charge in [0.05, 0.1) is 6.42 Å². The summed E-state index contributed by atoms with van der Waals surface area (Å²) in [6.45, 7) is 3.66. The van der Waals surface area contributed by atoms with E-state index < -0.39 is 5.97 Å². The Morgan fingerprint density at radius 3 is 2.75 bits per heavy atom. The van der Waals surface area contributed by atoms with Gasteiger partial charge in [-0.05, 0) is 6.92 Å². The van der Waals surface area contributed by atoms with Gasteiger partial charge in [0.25, 0.3) is 0 Å². The highest BCUT2D eigenvalue weighted by atomic mass is 32.2. The van der Waals surface area contributed by atoms with Crippen LogP contribution in [0.2, 0.25) is 0 Å². The molecule has 1 rings (SSSR count). The predicted molar refractivity (Wildman–Crippen MR) is 60.1 cm³/mol. The Morgan fingerprint density at radius 2 is 2.25 bits per heavy atom. The number of rotatable bonds is 4. The van der Waals surface area contributed by atoms with Gasteiger partial charge in [-0.25, -0.2) is 0 Å². The average molecular weight is 245 g/mol. The first-order chi connectivity index (χ1) is 7.40. The lowest BCUT2D eigenvalue weighted by Gasteiger charge is -2.23. The molecule has 1 N–H and O–H groups in total. The molecule has 0 aromatic heterocycles. The number of nitrogens with zero attached hydrogens (tertiary/aromatic N) is 1. The molecule has 2 atom stereocenters. The van der Waals surface area contributed by atoms with Crippen molar-refractivity contribution in [1.82, 2.24) is 4.90 Å². The minimum Gasteiger partial charge on any atom is -0.481 e. The van der Waals surface area contributed by atoms with E-state index in [-0.39, 0.29) is 28.7 Å². The maximum Gasteiger partial charge on any atom is 0.305 e. The van der Waals surface area contributed by atoms with Crippen LogP contribution < -0.4 is 0 Å². The van der Waals surface area contributed by atoms with Crippen molar-refractivity contribution < 1.29 is 19.5 Å². The zero-order valence-corrected chi connectivity index (χ0v) is 10.1. The average Bonchev–Trinajstić information content (AvgIpc) is 2.44. The van der Waals surface area contributed by atoms with E-state index in [1.807, 2.05) is 0 Å². The van der Waals surface area contributed by atoms with Crippen molar-refractivity contribution in [1.29, 1.82) is 0 Å². The summed E-state index contributed by atoms with van der Waals surface area (Å²) in [5, 5.41) is 8.61. The molecule has 1 aliphatic heterocycles. The minimum absolute atomic E-state index is 0.00876. The number of carbonyl (C=O) groups is 3. The molecular weight excluding hydrogens is 230 g/mol. The number of carbonyl (C=O) groups excluding carboxylic acids is 2. The molecule has 0 aromatic carbocycles. The molecule has 0 saturated carbocycles. The number of likely N-dealkylation sites (tertiary alicyclic amines) is 1. The zero-order chi connectivity index (χ0) is 12.3. The third kappa shape index (κ3) is 3.52. The Hall–Kier alpha value is -1.04. The Kier molecular flexibility index (Phi) is 4.35. The van der Waals surface area contributed by atoms with E-state index in [2.05, 4.69) is 0 Å². The summed E-state index contributed by atoms with van der Waals surface area (Å²) in [4.78, 5) is 34.6. The first-order valence-electron chi connectivity index (χ1n) is 5.08. The number of hydrogen-bond donors (Lipinski definition) is 1. The summed E-state index contributed by atoms with van der Waals surface area (Å²) in [5.74, 6) is -0.976. The standard InChI is InChI=1S/C10H15NO4S/c1-6(3-10(14)15)11-5-8(4-9(11)13)16-7(2)12/h6,8H,3-5H2,1-2H3,(H,14,15)/t6-,8?/m1/s1. The highest BCUT2D eigenvalue weighted by Gasteiger charge is 2.34. The molecule has 0 bridgehead atoms. The van der Waals surface area contributed by atoms with Crippen molar-refractivity contribution in [3.8, 4) is 0 Å². The summed E-state index contributed by atoms with van der Waals surface area (Å²) in [6, 6.07) is -0.303. The van der Waals surface area contributed by atoms with E-state index in [0.29, 0.717) is 13.0 Å². The lowest BCUT2D eigenvalue weighted by Crippen LogP contribution is -2.36. The first-order valence-corrected chi connectivity index (χ1v) is 5.96. The lowest BCUT2D eigenvalue weighted by atomic mass is 10.2. The monoisotopic (exact) mass is 245 g/mol. The van der Waals surface area contributed by atoms with E-state index in [0.717, 1.165) is 11.8 Å². The molecule has 1 fully saturated rings. The van der Waals surface area contributed by atoms with Gasteiger partial charge >= 0.3 is 5.97 Å². The van der Waals surface area contributed by atoms with Gasteiger partial charge in [-0.15, -0.1) is 0 Å². The van der Waals surface area contributed by atoms with Gasteiger partial charge in [0.15, 0.2) is 5.12 Å². The van der Waals surface area contributed by atoms with Gasteiger partial charge in [-0.1, -0.05) is 11.8 Å². The fraction of sp³-hybridized carbons (Fsp3) is 0.700. The highest BCUT2D eigenvalue weighted by molar-refractivity contribution is 8.14. The van der Waals surface area contributed by atoms with Crippen LogP contribution in [0.3, 0.4) is 0 Å². The SMILES string of the molecule is CC(=O)SC1CC(=O)N([C@H](C)CC(=O)O)C1. The maximum absolute atomic E-state index is 11.6. The largest absolute Gasteiger partial charge is 0.481 e. The van der Waals surface area contributed by atoms with Crippen LogP contribution in [0.1, 0.15) is 26.7 Å². The van der Waals surface area contributed by atoms with Crippen molar-refractivity contribution in [2.45, 2.75) is 38.0 Å². The van der Waals surface area contributed by atoms with Crippen molar-refractivity contribution in [3.63, 3.8) is 0 Å². The molecule has 5 nitrogen and oxygen atoms in total. The van der Waals surface area contributed by atoms with Crippen LogP contribution in [0.25, 0.3) is 0 Å². The number of aliphatic carboxylic acids is 1. The van der Waals surface area contributed by atoms with E-state index in [1.54, 1.807) is 11.8 Å². The molecule has 1 heterocycles. The van der Waals surface area contributed by atoms with Crippen molar-refractivity contribution in [2.75, 3.05) is 6.54 Å². The Bertz CT molecular complexity index is 318. The Morgan fingerprint density at radius 1 is 1.62 bits per heavy atom. The van der Waals surface area contributed by atoms with Crippen LogP contribution in [0, 0.1) is 0 Å². The van der Waals surface area contributed by atoms with Gasteiger partial charge in [0, 0.05) is 31.2 Å². The van der Waals surface area contributed by atoms with E-state index in [1.165, 1.54) is 6.92 Å². The number of amides is 1. The molecule has 1 unspecified atom stereocenters. The molecule has 6 heteroatoms. The van der Waals surface area contributed by atoms with E-state index in [4.69, 9.17) is 5.11 Å². The summed E-state index contributed by atoms with van der Waals surface area (Å²) in [7, 11) is 0. The molecule has 0 aromatic rings. The van der Waals surface area contributed by atoms with E-state index >= 15 is 0 Å². The third-order valence-corrected chi connectivity index (χ3v) is 3.44. The topological polar surface area (TPSA) is 74.7 Å². The van der Waals surface area contributed by atoms with Crippen LogP contribution in [0.4, 0.5) is 0 Å². The lowest BCUT2D eigenvalue weighted by molar-refractivity contribution is -0.139. The van der Waals surface area contributed by atoms with Gasteiger partial charge in [-0.3, -0.25) is 14.4 Å². The molecule has 0 radical (unpaired) electrons. The summed E-state index contributed by atoms with van der Waals surface area (Å²) < 4.78 is 0. The second-order valence-corrected chi connectivity index (χ2v) is 5.41. The summed E-state index contributed by atoms with van der Waals surface area (Å²) >= 11 is 1.16. The Labute approximate surface area is 98.2 Å². The maximum atomic E-state index is 11.6. The zero-order valence-electron chi connectivity index (χ0n) is 9.30. The number of carboxylic acids is 1. The molecule has 0 aliphatic carbocycles. The molecule has 1 saturated heterocycles. The number of thioether (sulfide) groups is 1. The number of carboxylic acid groups (broad SMARTS) is 1. The van der Waals surface area contributed by atoms with Crippen LogP contribution in [-0.4, -0.2) is 44.8 Å². The fourth-order valence-electron chi connectivity index (χ4n) is 1.80. The third-order valence-electron chi connectivity index (χ3n) is 2.46. The molecular formula is C10H15NO4S. The molecule has 16 heavy (non-hydrogen) atoms. The second kappa shape index (κ2) is 5.34. The summed E-state index contributed by atoms with van der Waals surface area (Å²) in [5.41, 5.74) is 0. The first kappa shape index (κ1) is 13.0. The second-order valence-electron chi connectivity index (χ2n) is 3.93. The van der Waals surface area contributed by atoms with Crippen LogP contribution >= 0.6 is 11.8 Å². The van der Waals surface area contributed by atoms with Gasteiger partial charge < -0.3 is 10.0 Å². The van der Waals surface area contributed by atoms with Crippen LogP contribution in [0.5, 0.6) is 0 Å². The predicted octanol–water partition coefficient (Wildman–Crippen LogP) is 0.730. The molecule has 90 valence electrons.